The fourth-order valence-corrected chi connectivity index (χ4v) is 2.79. The molecule has 1 aliphatic carbocycles. The molecule has 1 unspecified atom stereocenters. The van der Waals surface area contributed by atoms with Crippen molar-refractivity contribution in [3.05, 3.63) is 0 Å². The van der Waals surface area contributed by atoms with E-state index in [0.29, 0.717) is 13.0 Å². The standard InChI is InChI=1S/C13H19F3O3/c14-13(15,16)9-18-6-3-11(17)10-2-7-19-12(8-10)4-1-5-12/h10H,1-9H2. The van der Waals surface area contributed by atoms with Gasteiger partial charge in [0.15, 0.2) is 0 Å². The third kappa shape index (κ3) is 4.18. The number of ether oxygens (including phenoxy) is 2. The number of alkyl halides is 3. The molecule has 1 atom stereocenters. The monoisotopic (exact) mass is 280 g/mol. The molecule has 3 nitrogen and oxygen atoms in total. The van der Waals surface area contributed by atoms with E-state index in [4.69, 9.17) is 4.74 Å². The second-order valence-corrected chi connectivity index (χ2v) is 5.46. The SMILES string of the molecule is O=C(CCOCC(F)(F)F)C1CCOC2(CCC2)C1. The van der Waals surface area contributed by atoms with Gasteiger partial charge in [0.2, 0.25) is 0 Å². The van der Waals surface area contributed by atoms with E-state index >= 15 is 0 Å². The van der Waals surface area contributed by atoms with Crippen LogP contribution in [0.15, 0.2) is 0 Å². The van der Waals surface area contributed by atoms with Gasteiger partial charge in [-0.2, -0.15) is 13.2 Å². The van der Waals surface area contributed by atoms with Crippen LogP contribution in [0, 0.1) is 5.92 Å². The molecule has 1 saturated heterocycles. The van der Waals surface area contributed by atoms with Gasteiger partial charge in [-0.3, -0.25) is 4.79 Å². The Kier molecular flexibility index (Phi) is 4.50. The van der Waals surface area contributed by atoms with Crippen LogP contribution in [0.1, 0.15) is 38.5 Å². The highest BCUT2D eigenvalue weighted by atomic mass is 19.4. The van der Waals surface area contributed by atoms with Gasteiger partial charge >= 0.3 is 6.18 Å². The Hall–Kier alpha value is -0.620. The number of halogens is 3. The van der Waals surface area contributed by atoms with Crippen molar-refractivity contribution in [3.8, 4) is 0 Å². The lowest BCUT2D eigenvalue weighted by Crippen LogP contribution is -2.47. The summed E-state index contributed by atoms with van der Waals surface area (Å²) in [5, 5.41) is 0. The summed E-state index contributed by atoms with van der Waals surface area (Å²) in [6.45, 7) is -0.847. The first-order chi connectivity index (χ1) is 8.90. The smallest absolute Gasteiger partial charge is 0.375 e. The van der Waals surface area contributed by atoms with E-state index in [0.717, 1.165) is 25.7 Å². The number of carbonyl (C=O) groups excluding carboxylic acids is 1. The minimum absolute atomic E-state index is 0.0109. The topological polar surface area (TPSA) is 35.5 Å². The Bertz CT molecular complexity index is 324. The van der Waals surface area contributed by atoms with Crippen LogP contribution in [-0.4, -0.2) is 37.4 Å². The Morgan fingerprint density at radius 1 is 1.37 bits per heavy atom. The molecule has 0 N–H and O–H groups in total. The van der Waals surface area contributed by atoms with Crippen molar-refractivity contribution in [2.45, 2.75) is 50.3 Å². The lowest BCUT2D eigenvalue weighted by molar-refractivity contribution is -0.175. The summed E-state index contributed by atoms with van der Waals surface area (Å²) in [7, 11) is 0. The molecule has 0 amide bonds. The Morgan fingerprint density at radius 2 is 2.11 bits per heavy atom. The van der Waals surface area contributed by atoms with Crippen molar-refractivity contribution in [2.24, 2.45) is 5.92 Å². The summed E-state index contributed by atoms with van der Waals surface area (Å²) in [6, 6.07) is 0. The predicted octanol–water partition coefficient (Wildman–Crippen LogP) is 2.87. The fourth-order valence-electron chi connectivity index (χ4n) is 2.79. The molecule has 0 bridgehead atoms. The maximum absolute atomic E-state index is 11.9. The second kappa shape index (κ2) is 5.79. The molecular formula is C13H19F3O3. The number of hydrogen-bond acceptors (Lipinski definition) is 3. The van der Waals surface area contributed by atoms with Crippen molar-refractivity contribution in [1.29, 1.82) is 0 Å². The van der Waals surface area contributed by atoms with Crippen LogP contribution >= 0.6 is 0 Å². The normalized spacial score (nSPS) is 26.2. The fraction of sp³-hybridized carbons (Fsp3) is 0.923. The van der Waals surface area contributed by atoms with E-state index in [1.54, 1.807) is 0 Å². The van der Waals surface area contributed by atoms with Crippen LogP contribution in [0.25, 0.3) is 0 Å². The molecule has 0 aromatic rings. The molecular weight excluding hydrogens is 261 g/mol. The van der Waals surface area contributed by atoms with Gasteiger partial charge in [-0.05, 0) is 32.1 Å². The molecule has 2 aliphatic rings. The Morgan fingerprint density at radius 3 is 2.68 bits per heavy atom. The average molecular weight is 280 g/mol. The summed E-state index contributed by atoms with van der Waals surface area (Å²) >= 11 is 0. The van der Waals surface area contributed by atoms with Crippen LogP contribution in [-0.2, 0) is 14.3 Å². The first kappa shape index (κ1) is 14.8. The highest BCUT2D eigenvalue weighted by Crippen LogP contribution is 2.44. The van der Waals surface area contributed by atoms with E-state index in [9.17, 15) is 18.0 Å². The van der Waals surface area contributed by atoms with E-state index < -0.39 is 12.8 Å². The molecule has 110 valence electrons. The van der Waals surface area contributed by atoms with Gasteiger partial charge in [0, 0.05) is 18.9 Å². The van der Waals surface area contributed by atoms with E-state index in [-0.39, 0.29) is 30.3 Å². The minimum Gasteiger partial charge on any atom is -0.375 e. The van der Waals surface area contributed by atoms with Crippen LogP contribution in [0.4, 0.5) is 13.2 Å². The van der Waals surface area contributed by atoms with Gasteiger partial charge in [0.1, 0.15) is 12.4 Å². The largest absolute Gasteiger partial charge is 0.411 e. The molecule has 0 aromatic carbocycles. The maximum atomic E-state index is 11.9. The summed E-state index contributed by atoms with van der Waals surface area (Å²) in [5.74, 6) is -0.0553. The van der Waals surface area contributed by atoms with Gasteiger partial charge in [0.05, 0.1) is 12.2 Å². The number of rotatable bonds is 5. The molecule has 0 aromatic heterocycles. The van der Waals surface area contributed by atoms with Gasteiger partial charge in [0.25, 0.3) is 0 Å². The second-order valence-electron chi connectivity index (χ2n) is 5.46. The van der Waals surface area contributed by atoms with Crippen LogP contribution in [0.5, 0.6) is 0 Å². The predicted molar refractivity (Wildman–Crippen MR) is 61.8 cm³/mol. The van der Waals surface area contributed by atoms with Crippen molar-refractivity contribution >= 4 is 5.78 Å². The zero-order valence-electron chi connectivity index (χ0n) is 10.8. The van der Waals surface area contributed by atoms with E-state index in [2.05, 4.69) is 4.74 Å². The van der Waals surface area contributed by atoms with Gasteiger partial charge in [-0.15, -0.1) is 0 Å². The average Bonchev–Trinajstić information content (AvgIpc) is 2.31. The lowest BCUT2D eigenvalue weighted by atomic mass is 9.71. The molecule has 0 radical (unpaired) electrons. The molecule has 19 heavy (non-hydrogen) atoms. The molecule has 1 saturated carbocycles. The lowest BCUT2D eigenvalue weighted by Gasteiger charge is -2.46. The zero-order valence-corrected chi connectivity index (χ0v) is 10.8. The van der Waals surface area contributed by atoms with Crippen LogP contribution in [0.3, 0.4) is 0 Å². The number of Topliss-reactive ketones (excluding diaryl/α,β-unsaturated/α-hetero) is 1. The summed E-state index contributed by atoms with van der Waals surface area (Å²) in [6.07, 6.45) is 0.289. The molecule has 6 heteroatoms. The summed E-state index contributed by atoms with van der Waals surface area (Å²) < 4.78 is 45.8. The van der Waals surface area contributed by atoms with Crippen LogP contribution < -0.4 is 0 Å². The van der Waals surface area contributed by atoms with Gasteiger partial charge < -0.3 is 9.47 Å². The zero-order chi connectivity index (χ0) is 13.9. The van der Waals surface area contributed by atoms with E-state index in [1.165, 1.54) is 0 Å². The van der Waals surface area contributed by atoms with Crippen molar-refractivity contribution in [1.82, 2.24) is 0 Å². The summed E-state index contributed by atoms with van der Waals surface area (Å²) in [5.41, 5.74) is -0.106. The first-order valence-electron chi connectivity index (χ1n) is 6.71. The summed E-state index contributed by atoms with van der Waals surface area (Å²) in [4.78, 5) is 11.9. The number of ketones is 1. The first-order valence-corrected chi connectivity index (χ1v) is 6.71. The van der Waals surface area contributed by atoms with E-state index in [1.807, 2.05) is 0 Å². The minimum atomic E-state index is -4.32. The highest BCUT2D eigenvalue weighted by molar-refractivity contribution is 5.81. The third-order valence-electron chi connectivity index (χ3n) is 3.97. The molecule has 1 aliphatic heterocycles. The number of carbonyl (C=O) groups is 1. The quantitative estimate of drug-likeness (QED) is 0.726. The third-order valence-corrected chi connectivity index (χ3v) is 3.97. The molecule has 2 fully saturated rings. The van der Waals surface area contributed by atoms with Gasteiger partial charge in [-0.1, -0.05) is 0 Å². The Balaban J connectivity index is 1.68. The molecule has 1 heterocycles. The number of hydrogen-bond donors (Lipinski definition) is 0. The van der Waals surface area contributed by atoms with Crippen molar-refractivity contribution in [3.63, 3.8) is 0 Å². The van der Waals surface area contributed by atoms with Crippen LogP contribution in [0.2, 0.25) is 0 Å². The molecule has 2 rings (SSSR count). The maximum Gasteiger partial charge on any atom is 0.411 e. The highest BCUT2D eigenvalue weighted by Gasteiger charge is 2.44. The van der Waals surface area contributed by atoms with Crippen molar-refractivity contribution < 1.29 is 27.4 Å². The van der Waals surface area contributed by atoms with Gasteiger partial charge in [-0.25, -0.2) is 0 Å². The Labute approximate surface area is 110 Å². The molecule has 1 spiro atoms. The van der Waals surface area contributed by atoms with Crippen molar-refractivity contribution in [2.75, 3.05) is 19.8 Å².